The number of hydrogen-bond donors (Lipinski definition) is 2. The van der Waals surface area contributed by atoms with Crippen molar-refractivity contribution in [1.82, 2.24) is 9.88 Å². The molecule has 0 aliphatic carbocycles. The van der Waals surface area contributed by atoms with E-state index in [1.54, 1.807) is 26.8 Å². The van der Waals surface area contributed by atoms with Crippen LogP contribution in [0.2, 0.25) is 10.0 Å². The molecule has 0 spiro atoms. The Labute approximate surface area is 186 Å². The van der Waals surface area contributed by atoms with Gasteiger partial charge in [-0.15, -0.1) is 0 Å². The number of alkyl carbamates (subject to hydrolysis) is 1. The van der Waals surface area contributed by atoms with Gasteiger partial charge in [-0.25, -0.2) is 9.59 Å². The van der Waals surface area contributed by atoms with Crippen LogP contribution in [0, 0.1) is 0 Å². The number of rotatable bonds is 2. The Kier molecular flexibility index (Phi) is 5.91. The van der Waals surface area contributed by atoms with Gasteiger partial charge in [0.15, 0.2) is 0 Å². The highest BCUT2D eigenvalue weighted by Gasteiger charge is 2.29. The Bertz CT molecular complexity index is 1000. The number of nitrogens with zero attached hydrogens (tertiary/aromatic N) is 1. The van der Waals surface area contributed by atoms with Crippen LogP contribution in [-0.2, 0) is 22.4 Å². The summed E-state index contributed by atoms with van der Waals surface area (Å²) in [6.45, 7) is 11.4. The number of amides is 2. The summed E-state index contributed by atoms with van der Waals surface area (Å²) in [5, 5.41) is 7.13. The molecule has 30 heavy (non-hydrogen) atoms. The predicted molar refractivity (Wildman–Crippen MR) is 119 cm³/mol. The van der Waals surface area contributed by atoms with Crippen LogP contribution in [-0.4, -0.2) is 34.0 Å². The van der Waals surface area contributed by atoms with E-state index in [4.69, 9.17) is 32.7 Å². The molecule has 2 amide bonds. The molecule has 0 unspecified atom stereocenters. The number of halogens is 2. The molecular weight excluding hydrogens is 429 g/mol. The average Bonchev–Trinajstić information content (AvgIpc) is 3.05. The second-order valence-electron chi connectivity index (χ2n) is 9.40. The minimum Gasteiger partial charge on any atom is -0.444 e. The number of aromatic nitrogens is 1. The maximum Gasteiger partial charge on any atom is 0.412 e. The number of anilines is 1. The highest BCUT2D eigenvalue weighted by atomic mass is 35.5. The van der Waals surface area contributed by atoms with E-state index < -0.39 is 23.4 Å². The Hall–Kier alpha value is -2.12. The lowest BCUT2D eigenvalue weighted by Gasteiger charge is -2.22. The first-order valence-electron chi connectivity index (χ1n) is 9.73. The third kappa shape index (κ3) is 5.13. The normalized spacial score (nSPS) is 16.3. The van der Waals surface area contributed by atoms with Crippen LogP contribution in [0.3, 0.4) is 0 Å². The Morgan fingerprint density at radius 1 is 1.03 bits per heavy atom. The van der Waals surface area contributed by atoms with Crippen LogP contribution >= 0.6 is 23.2 Å². The van der Waals surface area contributed by atoms with E-state index in [1.165, 1.54) is 0 Å². The molecule has 7 nitrogen and oxygen atoms in total. The van der Waals surface area contributed by atoms with Crippen molar-refractivity contribution in [3.8, 4) is 0 Å². The summed E-state index contributed by atoms with van der Waals surface area (Å²) in [4.78, 5) is 24.4. The van der Waals surface area contributed by atoms with Crippen molar-refractivity contribution in [1.29, 1.82) is 0 Å². The van der Waals surface area contributed by atoms with Crippen LogP contribution in [0.5, 0.6) is 0 Å². The summed E-state index contributed by atoms with van der Waals surface area (Å²) < 4.78 is 12.7. The fourth-order valence-electron chi connectivity index (χ4n) is 3.43. The van der Waals surface area contributed by atoms with Gasteiger partial charge in [-0.2, -0.15) is 0 Å². The lowest BCUT2D eigenvalue weighted by molar-refractivity contribution is 0.0503. The van der Waals surface area contributed by atoms with Crippen LogP contribution < -0.4 is 10.6 Å². The van der Waals surface area contributed by atoms with Gasteiger partial charge in [0.2, 0.25) is 0 Å². The van der Waals surface area contributed by atoms with Gasteiger partial charge in [0.1, 0.15) is 11.2 Å². The van der Waals surface area contributed by atoms with E-state index >= 15 is 0 Å². The predicted octanol–water partition coefficient (Wildman–Crippen LogP) is 5.74. The van der Waals surface area contributed by atoms with Crippen molar-refractivity contribution in [2.45, 2.75) is 71.8 Å². The first-order valence-corrected chi connectivity index (χ1v) is 10.5. The third-order valence-corrected chi connectivity index (χ3v) is 5.15. The Morgan fingerprint density at radius 2 is 1.63 bits per heavy atom. The minimum atomic E-state index is -0.623. The zero-order chi connectivity index (χ0) is 22.4. The van der Waals surface area contributed by atoms with Crippen molar-refractivity contribution in [2.24, 2.45) is 0 Å². The van der Waals surface area contributed by atoms with Gasteiger partial charge >= 0.3 is 12.2 Å². The molecule has 1 aromatic carbocycles. The molecule has 2 aromatic rings. The number of ether oxygens (including phenoxy) is 2. The second kappa shape index (κ2) is 7.85. The van der Waals surface area contributed by atoms with Gasteiger partial charge < -0.3 is 19.4 Å². The highest BCUT2D eigenvalue weighted by molar-refractivity contribution is 6.45. The summed E-state index contributed by atoms with van der Waals surface area (Å²) in [5.74, 6) is 0. The molecule has 1 aliphatic rings. The smallest absolute Gasteiger partial charge is 0.412 e. The molecule has 9 heteroatoms. The summed E-state index contributed by atoms with van der Waals surface area (Å²) in [6, 6.07) is 3.43. The highest BCUT2D eigenvalue weighted by Crippen LogP contribution is 2.40. The molecule has 1 aromatic heterocycles. The molecule has 0 radical (unpaired) electrons. The number of nitrogens with one attached hydrogen (secondary N) is 2. The van der Waals surface area contributed by atoms with Gasteiger partial charge in [-0.05, 0) is 53.7 Å². The van der Waals surface area contributed by atoms with E-state index in [-0.39, 0.29) is 6.04 Å². The van der Waals surface area contributed by atoms with Crippen LogP contribution in [0.15, 0.2) is 12.1 Å². The standard InChI is InChI=1S/C21H27Cl2N3O4/c1-20(2,3)29-18(27)24-11-7-12-8-13-15(25-19(28)30-21(4,5)6)9-14(22)16(23)17(13)26(12)10-11/h8-9,11H,7,10H2,1-6H3,(H,24,27)(H,25,28)/t11-/m0/s1. The number of benzene rings is 1. The van der Waals surface area contributed by atoms with Gasteiger partial charge in [0.05, 0.1) is 27.3 Å². The summed E-state index contributed by atoms with van der Waals surface area (Å²) >= 11 is 12.8. The van der Waals surface area contributed by atoms with Crippen molar-refractivity contribution < 1.29 is 19.1 Å². The largest absolute Gasteiger partial charge is 0.444 e. The summed E-state index contributed by atoms with van der Waals surface area (Å²) in [5.41, 5.74) is 1.01. The number of hydrogen-bond acceptors (Lipinski definition) is 4. The molecule has 1 aliphatic heterocycles. The van der Waals surface area contributed by atoms with E-state index in [1.807, 2.05) is 31.4 Å². The fourth-order valence-corrected chi connectivity index (χ4v) is 3.88. The molecule has 1 atom stereocenters. The first kappa shape index (κ1) is 22.6. The van der Waals surface area contributed by atoms with E-state index in [9.17, 15) is 9.59 Å². The van der Waals surface area contributed by atoms with Gasteiger partial charge in [-0.1, -0.05) is 23.2 Å². The van der Waals surface area contributed by atoms with Crippen LogP contribution in [0.25, 0.3) is 10.9 Å². The van der Waals surface area contributed by atoms with Crippen LogP contribution in [0.4, 0.5) is 15.3 Å². The number of carbonyl (C=O) groups is 2. The molecule has 0 saturated heterocycles. The summed E-state index contributed by atoms with van der Waals surface area (Å²) in [6.07, 6.45) is -0.426. The third-order valence-electron chi connectivity index (χ3n) is 4.38. The van der Waals surface area contributed by atoms with Crippen LogP contribution in [0.1, 0.15) is 47.2 Å². The van der Waals surface area contributed by atoms with E-state index in [2.05, 4.69) is 10.6 Å². The van der Waals surface area contributed by atoms with E-state index in [0.29, 0.717) is 34.2 Å². The molecule has 164 valence electrons. The van der Waals surface area contributed by atoms with Crippen molar-refractivity contribution in [3.05, 3.63) is 27.9 Å². The second-order valence-corrected chi connectivity index (χ2v) is 10.2. The zero-order valence-corrected chi connectivity index (χ0v) is 19.5. The summed E-state index contributed by atoms with van der Waals surface area (Å²) in [7, 11) is 0. The van der Waals surface area contributed by atoms with Gasteiger partial charge in [0, 0.05) is 24.0 Å². The topological polar surface area (TPSA) is 81.6 Å². The minimum absolute atomic E-state index is 0.128. The molecule has 2 N–H and O–H groups in total. The van der Waals surface area contributed by atoms with E-state index in [0.717, 1.165) is 11.1 Å². The lowest BCUT2D eigenvalue weighted by Crippen LogP contribution is -2.39. The maximum absolute atomic E-state index is 12.3. The number of fused-ring (bicyclic) bond motifs is 3. The molecular formula is C21H27Cl2N3O4. The number of carbonyl (C=O) groups excluding carboxylic acids is 2. The van der Waals surface area contributed by atoms with Crippen molar-refractivity contribution >= 4 is 52.0 Å². The van der Waals surface area contributed by atoms with Gasteiger partial charge in [-0.3, -0.25) is 5.32 Å². The SMILES string of the molecule is CC(C)(C)OC(=O)Nc1cc(Cl)c(Cl)c2c1cc1n2C[C@@H](NC(=O)OC(C)(C)C)C1. The molecule has 0 bridgehead atoms. The lowest BCUT2D eigenvalue weighted by atomic mass is 10.1. The molecule has 2 heterocycles. The quantitative estimate of drug-likeness (QED) is 0.604. The first-order chi connectivity index (χ1) is 13.7. The Balaban J connectivity index is 1.85. The fraction of sp³-hybridized carbons (Fsp3) is 0.524. The maximum atomic E-state index is 12.3. The zero-order valence-electron chi connectivity index (χ0n) is 18.0. The van der Waals surface area contributed by atoms with Crippen molar-refractivity contribution in [2.75, 3.05) is 5.32 Å². The molecule has 0 fully saturated rings. The Morgan fingerprint density at radius 3 is 2.23 bits per heavy atom. The molecule has 3 rings (SSSR count). The van der Waals surface area contributed by atoms with Crippen molar-refractivity contribution in [3.63, 3.8) is 0 Å². The monoisotopic (exact) mass is 455 g/mol. The average molecular weight is 456 g/mol. The van der Waals surface area contributed by atoms with Gasteiger partial charge in [0.25, 0.3) is 0 Å². The molecule has 0 saturated carbocycles.